The van der Waals surface area contributed by atoms with Gasteiger partial charge in [-0.2, -0.15) is 0 Å². The lowest BCUT2D eigenvalue weighted by atomic mass is 10.3. The lowest BCUT2D eigenvalue weighted by molar-refractivity contribution is 0.0587. The largest absolute Gasteiger partial charge is 0.497 e. The van der Waals surface area contributed by atoms with Crippen LogP contribution >= 0.6 is 0 Å². The van der Waals surface area contributed by atoms with E-state index in [1.807, 2.05) is 24.3 Å². The van der Waals surface area contributed by atoms with Crippen molar-refractivity contribution >= 4 is 11.7 Å². The van der Waals surface area contributed by atoms with Gasteiger partial charge in [0.1, 0.15) is 23.8 Å². The van der Waals surface area contributed by atoms with Crippen LogP contribution in [0.1, 0.15) is 10.5 Å². The summed E-state index contributed by atoms with van der Waals surface area (Å²) in [7, 11) is 2.95. The lowest BCUT2D eigenvalue weighted by Crippen LogP contribution is -2.14. The van der Waals surface area contributed by atoms with Crippen molar-refractivity contribution in [1.29, 1.82) is 0 Å². The van der Waals surface area contributed by atoms with Crippen LogP contribution in [0.4, 0.5) is 5.69 Å². The molecule has 0 aliphatic rings. The van der Waals surface area contributed by atoms with Gasteiger partial charge in [0.05, 0.1) is 26.5 Å². The topological polar surface area (TPSA) is 75.7 Å². The van der Waals surface area contributed by atoms with Crippen molar-refractivity contribution in [3.8, 4) is 11.5 Å². The number of nitrogens with two attached hydrogens (primary N) is 1. The summed E-state index contributed by atoms with van der Waals surface area (Å²) in [5.41, 5.74) is 6.63. The third-order valence-electron chi connectivity index (χ3n) is 2.97. The zero-order valence-electron chi connectivity index (χ0n) is 12.0. The van der Waals surface area contributed by atoms with Crippen LogP contribution in [-0.4, -0.2) is 31.4 Å². The van der Waals surface area contributed by atoms with Gasteiger partial charge in [-0.05, 0) is 30.3 Å². The number of benzene rings is 1. The van der Waals surface area contributed by atoms with Gasteiger partial charge < -0.3 is 24.5 Å². The maximum absolute atomic E-state index is 11.6. The van der Waals surface area contributed by atoms with E-state index in [4.69, 9.17) is 19.9 Å². The summed E-state index contributed by atoms with van der Waals surface area (Å²) in [5, 5.41) is 0. The third kappa shape index (κ3) is 3.68. The van der Waals surface area contributed by atoms with E-state index in [1.165, 1.54) is 7.11 Å². The molecule has 0 spiro atoms. The molecule has 21 heavy (non-hydrogen) atoms. The number of hydrogen-bond acceptors (Lipinski definition) is 5. The second kappa shape index (κ2) is 6.69. The summed E-state index contributed by atoms with van der Waals surface area (Å²) in [6, 6.07) is 8.87. The van der Waals surface area contributed by atoms with E-state index in [1.54, 1.807) is 23.9 Å². The Morgan fingerprint density at radius 1 is 1.19 bits per heavy atom. The molecular formula is C15H18N2O4. The number of hydrogen-bond donors (Lipinski definition) is 1. The molecule has 0 amide bonds. The Labute approximate surface area is 123 Å². The minimum absolute atomic E-state index is 0.407. The molecule has 1 aromatic carbocycles. The number of esters is 1. The van der Waals surface area contributed by atoms with Crippen molar-refractivity contribution in [2.75, 3.05) is 26.6 Å². The zero-order valence-corrected chi connectivity index (χ0v) is 12.0. The molecule has 6 heteroatoms. The number of aromatic nitrogens is 1. The molecule has 0 radical (unpaired) electrons. The summed E-state index contributed by atoms with van der Waals surface area (Å²) in [5.74, 6) is 1.08. The van der Waals surface area contributed by atoms with Gasteiger partial charge in [0.2, 0.25) is 0 Å². The predicted molar refractivity (Wildman–Crippen MR) is 78.7 cm³/mol. The van der Waals surface area contributed by atoms with Crippen molar-refractivity contribution in [2.45, 2.75) is 6.54 Å². The molecule has 0 fully saturated rings. The summed E-state index contributed by atoms with van der Waals surface area (Å²) in [4.78, 5) is 11.6. The smallest absolute Gasteiger partial charge is 0.354 e. The normalized spacial score (nSPS) is 10.2. The van der Waals surface area contributed by atoms with Gasteiger partial charge in [-0.25, -0.2) is 4.79 Å². The van der Waals surface area contributed by atoms with Gasteiger partial charge in [-0.15, -0.1) is 0 Å². The monoisotopic (exact) mass is 290 g/mol. The van der Waals surface area contributed by atoms with Crippen LogP contribution in [0.2, 0.25) is 0 Å². The number of carbonyl (C=O) groups is 1. The van der Waals surface area contributed by atoms with Crippen LogP contribution < -0.4 is 15.2 Å². The first-order valence-corrected chi connectivity index (χ1v) is 6.45. The van der Waals surface area contributed by atoms with E-state index in [-0.39, 0.29) is 0 Å². The Balaban J connectivity index is 1.95. The predicted octanol–water partition coefficient (Wildman–Crippen LogP) is 1.94. The first kappa shape index (κ1) is 14.8. The maximum Gasteiger partial charge on any atom is 0.354 e. The minimum atomic E-state index is -0.420. The van der Waals surface area contributed by atoms with Crippen LogP contribution in [-0.2, 0) is 11.3 Å². The summed E-state index contributed by atoms with van der Waals surface area (Å²) >= 11 is 0. The Morgan fingerprint density at radius 3 is 2.48 bits per heavy atom. The number of carbonyl (C=O) groups excluding carboxylic acids is 1. The number of nitrogen functional groups attached to an aromatic ring is 1. The SMILES string of the molecule is COC(=O)c1cc(N)cn1CCOc1ccc(OC)cc1. The van der Waals surface area contributed by atoms with Gasteiger partial charge in [-0.1, -0.05) is 0 Å². The molecule has 1 heterocycles. The van der Waals surface area contributed by atoms with Gasteiger partial charge >= 0.3 is 5.97 Å². The fraction of sp³-hybridized carbons (Fsp3) is 0.267. The van der Waals surface area contributed by atoms with E-state index in [9.17, 15) is 4.79 Å². The standard InChI is InChI=1S/C15H18N2O4/c1-19-12-3-5-13(6-4-12)21-8-7-17-10-11(16)9-14(17)15(18)20-2/h3-6,9-10H,7-8,16H2,1-2H3. The number of rotatable bonds is 6. The molecule has 2 N–H and O–H groups in total. The van der Waals surface area contributed by atoms with Crippen LogP contribution in [0.25, 0.3) is 0 Å². The molecule has 112 valence electrons. The molecule has 0 saturated heterocycles. The average Bonchev–Trinajstić information content (AvgIpc) is 2.88. The molecule has 0 aliphatic heterocycles. The second-order valence-corrected chi connectivity index (χ2v) is 4.37. The van der Waals surface area contributed by atoms with Crippen molar-refractivity contribution in [3.05, 3.63) is 42.2 Å². The molecule has 0 unspecified atom stereocenters. The summed E-state index contributed by atoms with van der Waals surface area (Å²) in [6.45, 7) is 0.901. The summed E-state index contributed by atoms with van der Waals surface area (Å²) < 4.78 is 17.1. The summed E-state index contributed by atoms with van der Waals surface area (Å²) in [6.07, 6.45) is 1.68. The van der Waals surface area contributed by atoms with Gasteiger partial charge in [0, 0.05) is 6.20 Å². The molecule has 6 nitrogen and oxygen atoms in total. The van der Waals surface area contributed by atoms with E-state index in [0.717, 1.165) is 11.5 Å². The highest BCUT2D eigenvalue weighted by Gasteiger charge is 2.12. The van der Waals surface area contributed by atoms with Crippen molar-refractivity contribution in [1.82, 2.24) is 4.57 Å². The molecule has 0 saturated carbocycles. The Hall–Kier alpha value is -2.63. The first-order chi connectivity index (χ1) is 10.1. The van der Waals surface area contributed by atoms with E-state index in [2.05, 4.69) is 0 Å². The average molecular weight is 290 g/mol. The number of methoxy groups -OCH3 is 2. The molecule has 0 atom stereocenters. The molecular weight excluding hydrogens is 272 g/mol. The highest BCUT2D eigenvalue weighted by atomic mass is 16.5. The Bertz CT molecular complexity index is 605. The Morgan fingerprint density at radius 2 is 1.86 bits per heavy atom. The van der Waals surface area contributed by atoms with Crippen molar-refractivity contribution in [2.24, 2.45) is 0 Å². The van der Waals surface area contributed by atoms with E-state index >= 15 is 0 Å². The molecule has 1 aromatic heterocycles. The van der Waals surface area contributed by atoms with Gasteiger partial charge in [0.25, 0.3) is 0 Å². The zero-order chi connectivity index (χ0) is 15.2. The number of anilines is 1. The fourth-order valence-electron chi connectivity index (χ4n) is 1.93. The van der Waals surface area contributed by atoms with Crippen molar-refractivity contribution in [3.63, 3.8) is 0 Å². The van der Waals surface area contributed by atoms with Crippen LogP contribution in [0.15, 0.2) is 36.5 Å². The van der Waals surface area contributed by atoms with Gasteiger partial charge in [0.15, 0.2) is 0 Å². The van der Waals surface area contributed by atoms with Gasteiger partial charge in [-0.3, -0.25) is 0 Å². The molecule has 0 bridgehead atoms. The number of ether oxygens (including phenoxy) is 3. The van der Waals surface area contributed by atoms with Crippen LogP contribution in [0.3, 0.4) is 0 Å². The lowest BCUT2D eigenvalue weighted by Gasteiger charge is -2.10. The minimum Gasteiger partial charge on any atom is -0.497 e. The maximum atomic E-state index is 11.6. The first-order valence-electron chi connectivity index (χ1n) is 6.45. The van der Waals surface area contributed by atoms with Crippen LogP contribution in [0, 0.1) is 0 Å². The molecule has 2 aromatic rings. The highest BCUT2D eigenvalue weighted by Crippen LogP contribution is 2.17. The highest BCUT2D eigenvalue weighted by molar-refractivity contribution is 5.88. The number of nitrogens with zero attached hydrogens (tertiary/aromatic N) is 1. The molecule has 0 aliphatic carbocycles. The quantitative estimate of drug-likeness (QED) is 0.823. The van der Waals surface area contributed by atoms with E-state index in [0.29, 0.717) is 24.5 Å². The van der Waals surface area contributed by atoms with Crippen molar-refractivity contribution < 1.29 is 19.0 Å². The third-order valence-corrected chi connectivity index (χ3v) is 2.97. The van der Waals surface area contributed by atoms with E-state index < -0.39 is 5.97 Å². The fourth-order valence-corrected chi connectivity index (χ4v) is 1.93. The second-order valence-electron chi connectivity index (χ2n) is 4.37. The van der Waals surface area contributed by atoms with Crippen LogP contribution in [0.5, 0.6) is 11.5 Å². The Kier molecular flexibility index (Phi) is 4.71. The molecule has 2 rings (SSSR count).